The van der Waals surface area contributed by atoms with Crippen molar-refractivity contribution in [1.29, 1.82) is 0 Å². The van der Waals surface area contributed by atoms with Crippen LogP contribution in [0.3, 0.4) is 0 Å². The summed E-state index contributed by atoms with van der Waals surface area (Å²) in [6, 6.07) is 16.8. The van der Waals surface area contributed by atoms with E-state index in [9.17, 15) is 0 Å². The first-order chi connectivity index (χ1) is 8.86. The van der Waals surface area contributed by atoms with Gasteiger partial charge < -0.3 is 29.8 Å². The molecular formula is C16H20Cl2Fe-6. The summed E-state index contributed by atoms with van der Waals surface area (Å²) in [6.07, 6.45) is 4.42. The minimum atomic E-state index is 0. The Hall–Kier alpha value is -0.201. The second-order valence-corrected chi connectivity index (χ2v) is 4.93. The van der Waals surface area contributed by atoms with Crippen LogP contribution in [-0.2, 0) is 29.9 Å². The average Bonchev–Trinajstić information content (AvgIpc) is 3.07. The number of alkyl halides is 2. The maximum absolute atomic E-state index is 5.52. The van der Waals surface area contributed by atoms with E-state index in [4.69, 9.17) is 23.2 Å². The van der Waals surface area contributed by atoms with E-state index in [1.54, 1.807) is 0 Å². The smallest absolute Gasteiger partial charge is 0.0216 e. The molecule has 0 N–H and O–H groups in total. The molecule has 0 radical (unpaired) electrons. The van der Waals surface area contributed by atoms with E-state index in [0.29, 0.717) is 0 Å². The van der Waals surface area contributed by atoms with Gasteiger partial charge in [0.05, 0.1) is 0 Å². The molecule has 0 aliphatic carbocycles. The fourth-order valence-electron chi connectivity index (χ4n) is 1.70. The van der Waals surface area contributed by atoms with Crippen molar-refractivity contribution in [2.45, 2.75) is 25.7 Å². The zero-order valence-corrected chi connectivity index (χ0v) is 13.6. The molecule has 0 saturated heterocycles. The maximum atomic E-state index is 5.52. The fraction of sp³-hybridized carbons (Fsp3) is 0.375. The van der Waals surface area contributed by atoms with Crippen LogP contribution in [0.1, 0.15) is 24.0 Å². The van der Waals surface area contributed by atoms with Crippen molar-refractivity contribution in [3.63, 3.8) is 0 Å². The third-order valence-electron chi connectivity index (χ3n) is 2.66. The number of hydrogen-bond acceptors (Lipinski definition) is 0. The molecule has 0 spiro atoms. The van der Waals surface area contributed by atoms with Crippen LogP contribution in [0.2, 0.25) is 0 Å². The van der Waals surface area contributed by atoms with Gasteiger partial charge in [0.25, 0.3) is 0 Å². The summed E-state index contributed by atoms with van der Waals surface area (Å²) in [5.41, 5.74) is 2.80. The van der Waals surface area contributed by atoms with Crippen molar-refractivity contribution in [3.05, 3.63) is 59.7 Å². The number of rotatable bonds is 6. The molecule has 0 atom stereocenters. The molecule has 0 aliphatic rings. The standard InChI is InChI=1S/2C8H10Cl.Fe/c2*9-7-3-6-8-4-1-2-5-8;/h2*1-2,4-5H,3,6-7H2;/q-5;-1;. The maximum Gasteiger partial charge on any atom is 0.0216 e. The van der Waals surface area contributed by atoms with Crippen LogP contribution >= 0.6 is 23.2 Å². The van der Waals surface area contributed by atoms with E-state index in [-0.39, 0.29) is 17.1 Å². The first-order valence-corrected chi connectivity index (χ1v) is 7.47. The first kappa shape index (κ1) is 18.8. The monoisotopic (exact) mass is 338 g/mol. The summed E-state index contributed by atoms with van der Waals surface area (Å²) < 4.78 is 0. The van der Waals surface area contributed by atoms with Crippen LogP contribution < -0.4 is 0 Å². The first-order valence-electron chi connectivity index (χ1n) is 6.40. The molecule has 2 aromatic rings. The number of aryl methyl sites for hydroxylation is 2. The molecule has 3 heteroatoms. The van der Waals surface area contributed by atoms with E-state index in [1.165, 1.54) is 11.1 Å². The fourth-order valence-corrected chi connectivity index (χ4v) is 1.97. The van der Waals surface area contributed by atoms with E-state index < -0.39 is 0 Å². The molecule has 19 heavy (non-hydrogen) atoms. The van der Waals surface area contributed by atoms with Crippen molar-refractivity contribution in [1.82, 2.24) is 0 Å². The van der Waals surface area contributed by atoms with Gasteiger partial charge in [-0.05, 0) is 6.42 Å². The normalized spacial score (nSPS) is 9.37. The van der Waals surface area contributed by atoms with Crippen molar-refractivity contribution >= 4 is 23.2 Å². The Morgan fingerprint density at radius 3 is 1.89 bits per heavy atom. The van der Waals surface area contributed by atoms with Gasteiger partial charge in [-0.2, -0.15) is 17.7 Å². The van der Waals surface area contributed by atoms with Crippen molar-refractivity contribution in [3.8, 4) is 0 Å². The molecule has 0 aromatic heterocycles. The third-order valence-corrected chi connectivity index (χ3v) is 3.20. The molecule has 0 unspecified atom stereocenters. The summed E-state index contributed by atoms with van der Waals surface area (Å²) in [6.45, 7) is 0. The van der Waals surface area contributed by atoms with E-state index >= 15 is 0 Å². The van der Waals surface area contributed by atoms with Gasteiger partial charge in [-0.3, -0.25) is 0 Å². The summed E-state index contributed by atoms with van der Waals surface area (Å²) in [4.78, 5) is 0. The molecule has 0 heterocycles. The Labute approximate surface area is 137 Å². The second-order valence-electron chi connectivity index (χ2n) is 4.17. The topological polar surface area (TPSA) is 0 Å². The van der Waals surface area contributed by atoms with Gasteiger partial charge in [0.15, 0.2) is 0 Å². The van der Waals surface area contributed by atoms with Crippen LogP contribution in [0.5, 0.6) is 0 Å². The van der Waals surface area contributed by atoms with Crippen LogP contribution in [0, 0.1) is 0 Å². The van der Waals surface area contributed by atoms with Crippen LogP contribution in [0.4, 0.5) is 0 Å². The zero-order chi connectivity index (χ0) is 13.1. The molecule has 2 rings (SSSR count). The molecule has 0 bridgehead atoms. The Kier molecular flexibility index (Phi) is 12.7. The van der Waals surface area contributed by atoms with Gasteiger partial charge in [-0.15, -0.1) is 23.2 Å². The molecule has 0 fully saturated rings. The summed E-state index contributed by atoms with van der Waals surface area (Å²) in [5.74, 6) is 1.54. The average molecular weight is 339 g/mol. The molecule has 2 aromatic carbocycles. The predicted octanol–water partition coefficient (Wildman–Crippen LogP) is 5.15. The van der Waals surface area contributed by atoms with Crippen LogP contribution in [0.25, 0.3) is 0 Å². The molecule has 0 saturated carbocycles. The largest absolute Gasteiger partial charge is 0.748 e. The Balaban J connectivity index is 0.000000324. The Morgan fingerprint density at radius 2 is 1.37 bits per heavy atom. The van der Waals surface area contributed by atoms with Gasteiger partial charge in [0, 0.05) is 28.8 Å². The van der Waals surface area contributed by atoms with E-state index in [2.05, 4.69) is 48.5 Å². The number of halogens is 2. The molecule has 0 nitrogen and oxygen atoms in total. The summed E-state index contributed by atoms with van der Waals surface area (Å²) in [7, 11) is 0. The minimum Gasteiger partial charge on any atom is -0.748 e. The molecule has 112 valence electrons. The van der Waals surface area contributed by atoms with Crippen molar-refractivity contribution in [2.75, 3.05) is 11.8 Å². The van der Waals surface area contributed by atoms with Crippen molar-refractivity contribution in [2.24, 2.45) is 0 Å². The van der Waals surface area contributed by atoms with Crippen LogP contribution in [-0.4, -0.2) is 11.8 Å². The Morgan fingerprint density at radius 1 is 0.842 bits per heavy atom. The van der Waals surface area contributed by atoms with E-state index in [1.807, 2.05) is 0 Å². The minimum absolute atomic E-state index is 0. The molecule has 0 amide bonds. The third kappa shape index (κ3) is 9.35. The van der Waals surface area contributed by atoms with Gasteiger partial charge in [-0.1, -0.05) is 12.8 Å². The SMILES string of the molecule is ClCCC[c-]1[cH-][cH-][cH-][cH-]1.ClCCC[c-]1cccc1.[Fe]. The predicted molar refractivity (Wildman–Crippen MR) is 82.2 cm³/mol. The van der Waals surface area contributed by atoms with E-state index in [0.717, 1.165) is 37.4 Å². The quantitative estimate of drug-likeness (QED) is 0.388. The molecular weight excluding hydrogens is 319 g/mol. The summed E-state index contributed by atoms with van der Waals surface area (Å²) in [5, 5.41) is 0. The van der Waals surface area contributed by atoms with Gasteiger partial charge in [-0.25, -0.2) is 18.6 Å². The second kappa shape index (κ2) is 12.8. The van der Waals surface area contributed by atoms with Gasteiger partial charge in [0.1, 0.15) is 0 Å². The van der Waals surface area contributed by atoms with Gasteiger partial charge >= 0.3 is 0 Å². The number of hydrogen-bond donors (Lipinski definition) is 0. The molecule has 0 aliphatic heterocycles. The zero-order valence-electron chi connectivity index (χ0n) is 11.0. The van der Waals surface area contributed by atoms with Gasteiger partial charge in [0.2, 0.25) is 0 Å². The summed E-state index contributed by atoms with van der Waals surface area (Å²) >= 11 is 11.0. The van der Waals surface area contributed by atoms with Crippen LogP contribution in [0.15, 0.2) is 48.5 Å². The Bertz CT molecular complexity index is 327. The van der Waals surface area contributed by atoms with Crippen molar-refractivity contribution < 1.29 is 17.1 Å².